The van der Waals surface area contributed by atoms with Gasteiger partial charge in [-0.1, -0.05) is 27.7 Å². The van der Waals surface area contributed by atoms with Crippen LogP contribution in [0.4, 0.5) is 0 Å². The summed E-state index contributed by atoms with van der Waals surface area (Å²) >= 11 is 0. The van der Waals surface area contributed by atoms with E-state index in [9.17, 15) is 0 Å². The van der Waals surface area contributed by atoms with E-state index in [0.717, 1.165) is 25.3 Å². The van der Waals surface area contributed by atoms with Gasteiger partial charge in [0.15, 0.2) is 0 Å². The van der Waals surface area contributed by atoms with E-state index in [0.29, 0.717) is 17.4 Å². The number of hydrogen-bond acceptors (Lipinski definition) is 3. The molecule has 1 saturated carbocycles. The number of nitrogens with one attached hydrogen (secondary N) is 1. The van der Waals surface area contributed by atoms with E-state index in [-0.39, 0.29) is 0 Å². The van der Waals surface area contributed by atoms with Crippen molar-refractivity contribution in [1.29, 1.82) is 0 Å². The lowest BCUT2D eigenvalue weighted by atomic mass is 9.84. The second-order valence-electron chi connectivity index (χ2n) is 6.74. The van der Waals surface area contributed by atoms with E-state index >= 15 is 0 Å². The molecular weight excluding hydrogens is 236 g/mol. The Morgan fingerprint density at radius 2 is 2.32 bits per heavy atom. The third kappa shape index (κ3) is 3.78. The van der Waals surface area contributed by atoms with Crippen LogP contribution in [0.2, 0.25) is 0 Å². The number of hydrogen-bond donors (Lipinski definition) is 1. The van der Waals surface area contributed by atoms with Gasteiger partial charge in [-0.05, 0) is 37.1 Å². The molecule has 0 amide bonds. The minimum absolute atomic E-state index is 0.384. The Labute approximate surface area is 117 Å². The fourth-order valence-electron chi connectivity index (χ4n) is 3.25. The average molecular weight is 264 g/mol. The fraction of sp³-hybridized carbons (Fsp3) is 0.867. The van der Waals surface area contributed by atoms with Crippen LogP contribution in [0.5, 0.6) is 0 Å². The molecule has 0 aromatic carbocycles. The monoisotopic (exact) mass is 264 g/mol. The van der Waals surface area contributed by atoms with Crippen molar-refractivity contribution in [3.8, 4) is 0 Å². The lowest BCUT2D eigenvalue weighted by molar-refractivity contribution is 0.305. The molecule has 1 aromatic heterocycles. The van der Waals surface area contributed by atoms with Crippen molar-refractivity contribution in [3.05, 3.63) is 12.2 Å². The zero-order chi connectivity index (χ0) is 13.9. The summed E-state index contributed by atoms with van der Waals surface area (Å²) in [5.41, 5.74) is 0.384. The summed E-state index contributed by atoms with van der Waals surface area (Å²) < 4.78 is 2.09. The highest BCUT2D eigenvalue weighted by atomic mass is 15.3. The van der Waals surface area contributed by atoms with E-state index in [1.807, 2.05) is 0 Å². The molecule has 108 valence electrons. The molecule has 19 heavy (non-hydrogen) atoms. The van der Waals surface area contributed by atoms with Gasteiger partial charge in [0.1, 0.15) is 12.2 Å². The van der Waals surface area contributed by atoms with Crippen LogP contribution in [-0.2, 0) is 13.0 Å². The summed E-state index contributed by atoms with van der Waals surface area (Å²) in [5, 5.41) is 7.96. The summed E-state index contributed by atoms with van der Waals surface area (Å²) in [7, 11) is 0. The smallest absolute Gasteiger partial charge is 0.138 e. The largest absolute Gasteiger partial charge is 0.314 e. The van der Waals surface area contributed by atoms with Crippen molar-refractivity contribution in [2.24, 2.45) is 11.3 Å². The Kier molecular flexibility index (Phi) is 4.61. The highest BCUT2D eigenvalue weighted by Gasteiger charge is 2.35. The predicted molar refractivity (Wildman–Crippen MR) is 78.0 cm³/mol. The maximum atomic E-state index is 4.48. The van der Waals surface area contributed by atoms with Crippen LogP contribution in [0.1, 0.15) is 52.8 Å². The van der Waals surface area contributed by atoms with Crippen molar-refractivity contribution in [2.75, 3.05) is 6.54 Å². The zero-order valence-electron chi connectivity index (χ0n) is 12.8. The summed E-state index contributed by atoms with van der Waals surface area (Å²) in [6.07, 6.45) is 6.61. The lowest BCUT2D eigenvalue weighted by Crippen LogP contribution is -2.28. The first-order valence-electron chi connectivity index (χ1n) is 7.62. The summed E-state index contributed by atoms with van der Waals surface area (Å²) in [4.78, 5) is 4.48. The molecule has 2 rings (SSSR count). The van der Waals surface area contributed by atoms with E-state index in [4.69, 9.17) is 0 Å². The predicted octanol–water partition coefficient (Wildman–Crippen LogP) is 2.64. The molecule has 4 nitrogen and oxygen atoms in total. The first kappa shape index (κ1) is 14.5. The van der Waals surface area contributed by atoms with Gasteiger partial charge in [-0.3, -0.25) is 0 Å². The van der Waals surface area contributed by atoms with Crippen molar-refractivity contribution >= 4 is 0 Å². The fourth-order valence-corrected chi connectivity index (χ4v) is 3.25. The molecule has 2 atom stereocenters. The van der Waals surface area contributed by atoms with Crippen molar-refractivity contribution < 1.29 is 0 Å². The maximum Gasteiger partial charge on any atom is 0.138 e. The highest BCUT2D eigenvalue weighted by molar-refractivity contribution is 4.98. The second kappa shape index (κ2) is 6.04. The molecular formula is C15H28N4. The Morgan fingerprint density at radius 1 is 1.53 bits per heavy atom. The molecule has 1 heterocycles. The van der Waals surface area contributed by atoms with Gasteiger partial charge in [-0.25, -0.2) is 9.67 Å². The highest BCUT2D eigenvalue weighted by Crippen LogP contribution is 2.40. The Bertz CT molecular complexity index is 399. The number of aromatic nitrogens is 3. The molecule has 1 aliphatic carbocycles. The van der Waals surface area contributed by atoms with E-state index in [1.54, 1.807) is 6.33 Å². The van der Waals surface area contributed by atoms with Gasteiger partial charge in [0, 0.05) is 19.0 Å². The van der Waals surface area contributed by atoms with Gasteiger partial charge in [-0.2, -0.15) is 5.10 Å². The minimum Gasteiger partial charge on any atom is -0.314 e. The standard InChI is InChI=1S/C15H28N4/c1-5-16-13-6-7-15(4,8-13)9-14-17-11-18-19(14)10-12(2)3/h11-13,16H,5-10H2,1-4H3. The second-order valence-corrected chi connectivity index (χ2v) is 6.74. The lowest BCUT2D eigenvalue weighted by Gasteiger charge is -2.24. The minimum atomic E-state index is 0.384. The zero-order valence-corrected chi connectivity index (χ0v) is 12.8. The van der Waals surface area contributed by atoms with E-state index in [2.05, 4.69) is 47.8 Å². The van der Waals surface area contributed by atoms with Crippen LogP contribution in [-0.4, -0.2) is 27.4 Å². The van der Waals surface area contributed by atoms with Gasteiger partial charge >= 0.3 is 0 Å². The van der Waals surface area contributed by atoms with Crippen LogP contribution in [0, 0.1) is 11.3 Å². The molecule has 0 aliphatic heterocycles. The molecule has 4 heteroatoms. The molecule has 2 unspecified atom stereocenters. The van der Waals surface area contributed by atoms with Crippen LogP contribution >= 0.6 is 0 Å². The average Bonchev–Trinajstić information content (AvgIpc) is 2.88. The van der Waals surface area contributed by atoms with Gasteiger partial charge in [0.25, 0.3) is 0 Å². The molecule has 0 spiro atoms. The van der Waals surface area contributed by atoms with Gasteiger partial charge < -0.3 is 5.32 Å². The van der Waals surface area contributed by atoms with Crippen LogP contribution < -0.4 is 5.32 Å². The van der Waals surface area contributed by atoms with Crippen LogP contribution in [0.3, 0.4) is 0 Å². The molecule has 1 N–H and O–H groups in total. The SMILES string of the molecule is CCNC1CCC(C)(Cc2ncnn2CC(C)C)C1. The van der Waals surface area contributed by atoms with Crippen LogP contribution in [0.25, 0.3) is 0 Å². The van der Waals surface area contributed by atoms with Gasteiger partial charge in [0.2, 0.25) is 0 Å². The Balaban J connectivity index is 1.99. The first-order chi connectivity index (χ1) is 9.02. The number of nitrogens with zero attached hydrogens (tertiary/aromatic N) is 3. The molecule has 1 aliphatic rings. The van der Waals surface area contributed by atoms with Gasteiger partial charge in [0.05, 0.1) is 0 Å². The molecule has 1 aromatic rings. The Morgan fingerprint density at radius 3 is 3.00 bits per heavy atom. The van der Waals surface area contributed by atoms with Crippen molar-refractivity contribution in [2.45, 2.75) is 66.0 Å². The normalized spacial score (nSPS) is 27.3. The molecule has 0 bridgehead atoms. The van der Waals surface area contributed by atoms with Crippen molar-refractivity contribution in [3.63, 3.8) is 0 Å². The molecule has 0 saturated heterocycles. The summed E-state index contributed by atoms with van der Waals surface area (Å²) in [6.45, 7) is 11.1. The summed E-state index contributed by atoms with van der Waals surface area (Å²) in [5.74, 6) is 1.78. The van der Waals surface area contributed by atoms with E-state index in [1.165, 1.54) is 19.3 Å². The van der Waals surface area contributed by atoms with Gasteiger partial charge in [-0.15, -0.1) is 0 Å². The Hall–Kier alpha value is -0.900. The first-order valence-corrected chi connectivity index (χ1v) is 7.62. The molecule has 1 fully saturated rings. The quantitative estimate of drug-likeness (QED) is 0.859. The maximum absolute atomic E-state index is 4.48. The van der Waals surface area contributed by atoms with Crippen molar-refractivity contribution in [1.82, 2.24) is 20.1 Å². The van der Waals surface area contributed by atoms with E-state index < -0.39 is 0 Å². The van der Waals surface area contributed by atoms with Crippen LogP contribution in [0.15, 0.2) is 6.33 Å². The number of rotatable bonds is 6. The summed E-state index contributed by atoms with van der Waals surface area (Å²) in [6, 6.07) is 0.691. The third-order valence-electron chi connectivity index (χ3n) is 4.15. The molecule has 0 radical (unpaired) electrons. The topological polar surface area (TPSA) is 42.7 Å². The third-order valence-corrected chi connectivity index (χ3v) is 4.15.